The molecule has 94 valence electrons. The van der Waals surface area contributed by atoms with Gasteiger partial charge in [-0.25, -0.2) is 9.97 Å². The van der Waals surface area contributed by atoms with E-state index in [0.717, 1.165) is 44.4 Å². The van der Waals surface area contributed by atoms with Gasteiger partial charge >= 0.3 is 0 Å². The van der Waals surface area contributed by atoms with Gasteiger partial charge in [0.05, 0.1) is 13.2 Å². The highest BCUT2D eigenvalue weighted by molar-refractivity contribution is 5.48. The van der Waals surface area contributed by atoms with Crippen molar-refractivity contribution in [2.45, 2.75) is 26.3 Å². The van der Waals surface area contributed by atoms with Gasteiger partial charge in [-0.1, -0.05) is 6.92 Å². The molecule has 2 rings (SSSR count). The number of ether oxygens (including phenoxy) is 1. The summed E-state index contributed by atoms with van der Waals surface area (Å²) < 4.78 is 5.33. The highest BCUT2D eigenvalue weighted by Crippen LogP contribution is 2.16. The molecular weight excluding hydrogens is 216 g/mol. The molecule has 1 unspecified atom stereocenters. The highest BCUT2D eigenvalue weighted by Gasteiger charge is 2.13. The van der Waals surface area contributed by atoms with Crippen molar-refractivity contribution in [2.24, 2.45) is 0 Å². The standard InChI is InChI=1S/C12H20N4O/c1-3-10(2)15-11-8-12(14-9-13-11)16-4-6-17-7-5-16/h8-10H,3-7H2,1-2H3,(H,13,14,15). The molecule has 0 bridgehead atoms. The first-order valence-electron chi connectivity index (χ1n) is 6.21. The fourth-order valence-corrected chi connectivity index (χ4v) is 1.75. The number of hydrogen-bond acceptors (Lipinski definition) is 5. The largest absolute Gasteiger partial charge is 0.378 e. The number of nitrogens with zero attached hydrogens (tertiary/aromatic N) is 3. The molecule has 1 aliphatic rings. The van der Waals surface area contributed by atoms with E-state index < -0.39 is 0 Å². The second kappa shape index (κ2) is 5.82. The minimum atomic E-state index is 0.433. The Morgan fingerprint density at radius 3 is 2.88 bits per heavy atom. The molecule has 1 aromatic heterocycles. The summed E-state index contributed by atoms with van der Waals surface area (Å²) in [7, 11) is 0. The summed E-state index contributed by atoms with van der Waals surface area (Å²) in [6, 6.07) is 2.44. The zero-order chi connectivity index (χ0) is 12.1. The van der Waals surface area contributed by atoms with Crippen molar-refractivity contribution in [3.05, 3.63) is 12.4 Å². The van der Waals surface area contributed by atoms with Crippen molar-refractivity contribution in [3.8, 4) is 0 Å². The monoisotopic (exact) mass is 236 g/mol. The Morgan fingerprint density at radius 2 is 2.18 bits per heavy atom. The molecule has 0 saturated carbocycles. The zero-order valence-electron chi connectivity index (χ0n) is 10.5. The van der Waals surface area contributed by atoms with Gasteiger partial charge < -0.3 is 15.0 Å². The quantitative estimate of drug-likeness (QED) is 0.859. The summed E-state index contributed by atoms with van der Waals surface area (Å²) >= 11 is 0. The van der Waals surface area contributed by atoms with Gasteiger partial charge in [0.1, 0.15) is 18.0 Å². The summed E-state index contributed by atoms with van der Waals surface area (Å²) in [6.07, 6.45) is 2.70. The van der Waals surface area contributed by atoms with E-state index >= 15 is 0 Å². The second-order valence-corrected chi connectivity index (χ2v) is 4.31. The van der Waals surface area contributed by atoms with E-state index in [2.05, 4.69) is 34.0 Å². The predicted octanol–water partition coefficient (Wildman–Crippen LogP) is 1.52. The molecule has 1 saturated heterocycles. The molecule has 0 radical (unpaired) electrons. The normalized spacial score (nSPS) is 17.9. The van der Waals surface area contributed by atoms with E-state index in [1.54, 1.807) is 6.33 Å². The van der Waals surface area contributed by atoms with E-state index in [0.29, 0.717) is 6.04 Å². The molecule has 0 amide bonds. The van der Waals surface area contributed by atoms with Gasteiger partial charge in [-0.15, -0.1) is 0 Å². The summed E-state index contributed by atoms with van der Waals surface area (Å²) in [5, 5.41) is 3.36. The first kappa shape index (κ1) is 12.1. The third-order valence-corrected chi connectivity index (χ3v) is 2.99. The van der Waals surface area contributed by atoms with Crippen LogP contribution >= 0.6 is 0 Å². The molecule has 0 aromatic carbocycles. The molecule has 1 atom stereocenters. The lowest BCUT2D eigenvalue weighted by Gasteiger charge is -2.28. The van der Waals surface area contributed by atoms with Crippen LogP contribution in [0.25, 0.3) is 0 Å². The van der Waals surface area contributed by atoms with Gasteiger partial charge in [0.2, 0.25) is 0 Å². The van der Waals surface area contributed by atoms with Crippen LogP contribution in [0.3, 0.4) is 0 Å². The average molecular weight is 236 g/mol. The number of rotatable bonds is 4. The first-order valence-corrected chi connectivity index (χ1v) is 6.21. The number of hydrogen-bond donors (Lipinski definition) is 1. The molecule has 0 spiro atoms. The van der Waals surface area contributed by atoms with Crippen LogP contribution in [0.4, 0.5) is 11.6 Å². The molecule has 5 nitrogen and oxygen atoms in total. The Kier molecular flexibility index (Phi) is 4.14. The van der Waals surface area contributed by atoms with Crippen molar-refractivity contribution in [3.63, 3.8) is 0 Å². The molecule has 5 heteroatoms. The zero-order valence-corrected chi connectivity index (χ0v) is 10.5. The highest BCUT2D eigenvalue weighted by atomic mass is 16.5. The molecule has 17 heavy (non-hydrogen) atoms. The van der Waals surface area contributed by atoms with Crippen LogP contribution < -0.4 is 10.2 Å². The van der Waals surface area contributed by atoms with Gasteiger partial charge in [0.15, 0.2) is 0 Å². The van der Waals surface area contributed by atoms with E-state index in [9.17, 15) is 0 Å². The van der Waals surface area contributed by atoms with E-state index in [1.807, 2.05) is 6.07 Å². The lowest BCUT2D eigenvalue weighted by molar-refractivity contribution is 0.122. The van der Waals surface area contributed by atoms with Crippen LogP contribution in [0.15, 0.2) is 12.4 Å². The fraction of sp³-hybridized carbons (Fsp3) is 0.667. The van der Waals surface area contributed by atoms with E-state index in [-0.39, 0.29) is 0 Å². The van der Waals surface area contributed by atoms with Crippen LogP contribution in [0.5, 0.6) is 0 Å². The van der Waals surface area contributed by atoms with Crippen LogP contribution in [0.1, 0.15) is 20.3 Å². The molecular formula is C12H20N4O. The lowest BCUT2D eigenvalue weighted by Crippen LogP contribution is -2.36. The summed E-state index contributed by atoms with van der Waals surface area (Å²) in [5.41, 5.74) is 0. The third-order valence-electron chi connectivity index (χ3n) is 2.99. The van der Waals surface area contributed by atoms with Crippen LogP contribution in [-0.4, -0.2) is 42.3 Å². The van der Waals surface area contributed by atoms with Gasteiger partial charge in [0.25, 0.3) is 0 Å². The maximum atomic E-state index is 5.33. The van der Waals surface area contributed by atoms with Gasteiger partial charge in [-0.3, -0.25) is 0 Å². The van der Waals surface area contributed by atoms with Crippen molar-refractivity contribution >= 4 is 11.6 Å². The maximum absolute atomic E-state index is 5.33. The van der Waals surface area contributed by atoms with Gasteiger partial charge in [0, 0.05) is 25.2 Å². The summed E-state index contributed by atoms with van der Waals surface area (Å²) in [6.45, 7) is 7.66. The summed E-state index contributed by atoms with van der Waals surface area (Å²) in [5.74, 6) is 1.88. The minimum Gasteiger partial charge on any atom is -0.378 e. The SMILES string of the molecule is CCC(C)Nc1cc(N2CCOCC2)ncn1. The Labute approximate surface area is 102 Å². The average Bonchev–Trinajstić information content (AvgIpc) is 2.40. The third kappa shape index (κ3) is 3.30. The Bertz CT molecular complexity index is 352. The Hall–Kier alpha value is -1.36. The van der Waals surface area contributed by atoms with Crippen molar-refractivity contribution in [1.82, 2.24) is 9.97 Å². The summed E-state index contributed by atoms with van der Waals surface area (Å²) in [4.78, 5) is 10.8. The molecule has 1 aromatic rings. The molecule has 1 aliphatic heterocycles. The second-order valence-electron chi connectivity index (χ2n) is 4.31. The van der Waals surface area contributed by atoms with E-state index in [1.165, 1.54) is 0 Å². The number of morpholine rings is 1. The molecule has 2 heterocycles. The van der Waals surface area contributed by atoms with Crippen molar-refractivity contribution < 1.29 is 4.74 Å². The van der Waals surface area contributed by atoms with Crippen LogP contribution in [0, 0.1) is 0 Å². The predicted molar refractivity (Wildman–Crippen MR) is 68.4 cm³/mol. The lowest BCUT2D eigenvalue weighted by atomic mass is 10.2. The van der Waals surface area contributed by atoms with Crippen LogP contribution in [0.2, 0.25) is 0 Å². The minimum absolute atomic E-state index is 0.433. The number of aromatic nitrogens is 2. The van der Waals surface area contributed by atoms with Gasteiger partial charge in [-0.2, -0.15) is 0 Å². The van der Waals surface area contributed by atoms with Crippen molar-refractivity contribution in [1.29, 1.82) is 0 Å². The maximum Gasteiger partial charge on any atom is 0.134 e. The first-order chi connectivity index (χ1) is 8.29. The van der Waals surface area contributed by atoms with Crippen molar-refractivity contribution in [2.75, 3.05) is 36.5 Å². The number of nitrogens with one attached hydrogen (secondary N) is 1. The van der Waals surface area contributed by atoms with E-state index in [4.69, 9.17) is 4.74 Å². The Balaban J connectivity index is 2.05. The van der Waals surface area contributed by atoms with Crippen LogP contribution in [-0.2, 0) is 4.74 Å². The molecule has 1 fully saturated rings. The van der Waals surface area contributed by atoms with Gasteiger partial charge in [-0.05, 0) is 13.3 Å². The molecule has 0 aliphatic carbocycles. The molecule has 1 N–H and O–H groups in total. The Morgan fingerprint density at radius 1 is 1.41 bits per heavy atom. The number of anilines is 2. The topological polar surface area (TPSA) is 50.3 Å². The fourth-order valence-electron chi connectivity index (χ4n) is 1.75. The smallest absolute Gasteiger partial charge is 0.134 e.